The van der Waals surface area contributed by atoms with Gasteiger partial charge < -0.3 is 4.74 Å². The third kappa shape index (κ3) is 4.67. The Morgan fingerprint density at radius 3 is 2.08 bits per heavy atom. The van der Waals surface area contributed by atoms with Crippen molar-refractivity contribution in [2.24, 2.45) is 16.7 Å². The fourth-order valence-electron chi connectivity index (χ4n) is 5.62. The molecule has 4 aliphatic rings. The summed E-state index contributed by atoms with van der Waals surface area (Å²) in [6, 6.07) is 0. The predicted octanol–water partition coefficient (Wildman–Crippen LogP) is 6.67. The molecule has 4 saturated carbocycles. The Bertz CT molecular complexity index is 354. The smallest absolute Gasteiger partial charge is 0.0894 e. The fourth-order valence-corrected chi connectivity index (χ4v) is 5.78. The average molecular weight is 359 g/mol. The van der Waals surface area contributed by atoms with E-state index in [2.05, 4.69) is 0 Å². The molecule has 0 amide bonds. The van der Waals surface area contributed by atoms with Crippen LogP contribution >= 0.6 is 11.6 Å². The molecule has 0 aliphatic heterocycles. The Morgan fingerprint density at radius 1 is 0.875 bits per heavy atom. The molecule has 1 nitrogen and oxygen atoms in total. The second kappa shape index (κ2) is 8.71. The lowest BCUT2D eigenvalue weighted by Crippen LogP contribution is -2.44. The van der Waals surface area contributed by atoms with Gasteiger partial charge in [-0.3, -0.25) is 4.39 Å². The highest BCUT2D eigenvalue weighted by atomic mass is 35.5. The molecule has 140 valence electrons. The van der Waals surface area contributed by atoms with Crippen molar-refractivity contribution >= 4 is 11.6 Å². The number of rotatable bonds is 9. The third-order valence-electron chi connectivity index (χ3n) is 7.56. The van der Waals surface area contributed by atoms with E-state index in [0.29, 0.717) is 16.9 Å². The molecule has 0 saturated heterocycles. The lowest BCUT2D eigenvalue weighted by molar-refractivity contribution is -0.0951. The zero-order valence-electron chi connectivity index (χ0n) is 15.3. The van der Waals surface area contributed by atoms with Crippen LogP contribution in [0, 0.1) is 16.7 Å². The second-order valence-corrected chi connectivity index (χ2v) is 9.46. The number of hydrogen-bond acceptors (Lipinski definition) is 1. The van der Waals surface area contributed by atoms with E-state index in [1.54, 1.807) is 0 Å². The molecule has 0 aromatic carbocycles. The molecule has 2 bridgehead atoms. The summed E-state index contributed by atoms with van der Waals surface area (Å²) in [7, 11) is 0. The molecule has 24 heavy (non-hydrogen) atoms. The molecular weight excluding hydrogens is 323 g/mol. The van der Waals surface area contributed by atoms with Crippen molar-refractivity contribution in [3.05, 3.63) is 0 Å². The summed E-state index contributed by atoms with van der Waals surface area (Å²) in [5, 5.41) is 0. The minimum absolute atomic E-state index is 0.135. The van der Waals surface area contributed by atoms with Gasteiger partial charge in [-0.25, -0.2) is 0 Å². The van der Waals surface area contributed by atoms with Crippen molar-refractivity contribution in [3.8, 4) is 0 Å². The van der Waals surface area contributed by atoms with E-state index in [0.717, 1.165) is 31.2 Å². The summed E-state index contributed by atoms with van der Waals surface area (Å²) in [5.74, 6) is 1.70. The van der Waals surface area contributed by atoms with Gasteiger partial charge in [0.1, 0.15) is 0 Å². The standard InChI is InChI=1S/C21H36ClFO/c22-15-1-3-18-4-6-19(7-5-18)24-17-21-12-9-20(10-13-21,11-14-21)8-2-16-23/h18-19H,1-17H2. The van der Waals surface area contributed by atoms with Crippen LogP contribution in [-0.4, -0.2) is 25.3 Å². The third-order valence-corrected chi connectivity index (χ3v) is 7.83. The van der Waals surface area contributed by atoms with Gasteiger partial charge in [-0.05, 0) is 107 Å². The van der Waals surface area contributed by atoms with Crippen LogP contribution in [0.2, 0.25) is 0 Å². The molecule has 0 heterocycles. The van der Waals surface area contributed by atoms with Gasteiger partial charge in [-0.1, -0.05) is 0 Å². The first-order valence-electron chi connectivity index (χ1n) is 10.4. The number of halogens is 2. The largest absolute Gasteiger partial charge is 0.378 e. The van der Waals surface area contributed by atoms with Crippen molar-refractivity contribution < 1.29 is 9.13 Å². The topological polar surface area (TPSA) is 9.23 Å². The summed E-state index contributed by atoms with van der Waals surface area (Å²) in [6.07, 6.45) is 18.0. The van der Waals surface area contributed by atoms with Crippen molar-refractivity contribution in [2.45, 2.75) is 96.0 Å². The Kier molecular flexibility index (Phi) is 6.88. The first-order valence-corrected chi connectivity index (χ1v) is 11.0. The van der Waals surface area contributed by atoms with Gasteiger partial charge in [0.05, 0.1) is 19.4 Å². The van der Waals surface area contributed by atoms with Gasteiger partial charge in [0.15, 0.2) is 0 Å². The summed E-state index contributed by atoms with van der Waals surface area (Å²) in [6.45, 7) is 0.854. The number of ether oxygens (including phenoxy) is 1. The van der Waals surface area contributed by atoms with Gasteiger partial charge in [0.2, 0.25) is 0 Å². The first-order chi connectivity index (χ1) is 11.7. The normalized spacial score (nSPS) is 39.2. The Hall–Kier alpha value is 0.180. The lowest BCUT2D eigenvalue weighted by atomic mass is 9.53. The molecule has 0 aromatic rings. The molecule has 4 rings (SSSR count). The average Bonchev–Trinajstić information content (AvgIpc) is 2.66. The molecule has 0 aromatic heterocycles. The number of fused-ring (bicyclic) bond motifs is 3. The van der Waals surface area contributed by atoms with E-state index < -0.39 is 0 Å². The Balaban J connectivity index is 1.38. The van der Waals surface area contributed by atoms with Crippen LogP contribution in [0.3, 0.4) is 0 Å². The van der Waals surface area contributed by atoms with Crippen LogP contribution in [0.25, 0.3) is 0 Å². The van der Waals surface area contributed by atoms with Crippen molar-refractivity contribution in [1.29, 1.82) is 0 Å². The molecule has 0 spiro atoms. The summed E-state index contributed by atoms with van der Waals surface area (Å²) < 4.78 is 19.0. The maximum atomic E-state index is 12.5. The number of alkyl halides is 2. The quantitative estimate of drug-likeness (QED) is 0.418. The van der Waals surface area contributed by atoms with Gasteiger partial charge in [-0.15, -0.1) is 11.6 Å². The highest BCUT2D eigenvalue weighted by Crippen LogP contribution is 2.58. The fraction of sp³-hybridized carbons (Fsp3) is 1.00. The van der Waals surface area contributed by atoms with E-state index in [9.17, 15) is 4.39 Å². The summed E-state index contributed by atoms with van der Waals surface area (Å²) in [4.78, 5) is 0. The molecule has 0 N–H and O–H groups in total. The summed E-state index contributed by atoms with van der Waals surface area (Å²) >= 11 is 5.81. The van der Waals surface area contributed by atoms with E-state index in [1.165, 1.54) is 77.0 Å². The highest BCUT2D eigenvalue weighted by molar-refractivity contribution is 6.17. The van der Waals surface area contributed by atoms with Crippen LogP contribution in [0.5, 0.6) is 0 Å². The molecule has 3 heteroatoms. The van der Waals surface area contributed by atoms with Crippen LogP contribution in [0.4, 0.5) is 4.39 Å². The maximum absolute atomic E-state index is 12.5. The van der Waals surface area contributed by atoms with E-state index >= 15 is 0 Å². The summed E-state index contributed by atoms with van der Waals surface area (Å²) in [5.41, 5.74) is 0.960. The van der Waals surface area contributed by atoms with E-state index in [4.69, 9.17) is 16.3 Å². The van der Waals surface area contributed by atoms with Crippen molar-refractivity contribution in [3.63, 3.8) is 0 Å². The Labute approximate surface area is 153 Å². The molecule has 0 unspecified atom stereocenters. The maximum Gasteiger partial charge on any atom is 0.0894 e. The van der Waals surface area contributed by atoms with Gasteiger partial charge in [-0.2, -0.15) is 0 Å². The van der Waals surface area contributed by atoms with Crippen LogP contribution in [-0.2, 0) is 4.74 Å². The SMILES string of the molecule is FCCCC12CCC(COC3CCC(CCCCl)CC3)(CC1)CC2. The Morgan fingerprint density at radius 2 is 1.50 bits per heavy atom. The van der Waals surface area contributed by atoms with Gasteiger partial charge >= 0.3 is 0 Å². The molecule has 0 atom stereocenters. The van der Waals surface area contributed by atoms with E-state index in [-0.39, 0.29) is 6.67 Å². The zero-order valence-corrected chi connectivity index (χ0v) is 16.1. The van der Waals surface area contributed by atoms with Crippen LogP contribution in [0.15, 0.2) is 0 Å². The highest BCUT2D eigenvalue weighted by Gasteiger charge is 2.48. The molecule has 4 fully saturated rings. The van der Waals surface area contributed by atoms with Crippen molar-refractivity contribution in [1.82, 2.24) is 0 Å². The van der Waals surface area contributed by atoms with Gasteiger partial charge in [0, 0.05) is 5.88 Å². The lowest BCUT2D eigenvalue weighted by Gasteiger charge is -2.54. The molecular formula is C21H36ClFO. The van der Waals surface area contributed by atoms with E-state index in [1.807, 2.05) is 0 Å². The zero-order chi connectivity index (χ0) is 16.9. The predicted molar refractivity (Wildman–Crippen MR) is 99.4 cm³/mol. The molecule has 0 radical (unpaired) electrons. The van der Waals surface area contributed by atoms with Crippen LogP contribution < -0.4 is 0 Å². The monoisotopic (exact) mass is 358 g/mol. The van der Waals surface area contributed by atoms with Gasteiger partial charge in [0.25, 0.3) is 0 Å². The molecule has 4 aliphatic carbocycles. The first kappa shape index (κ1) is 19.0. The van der Waals surface area contributed by atoms with Crippen LogP contribution in [0.1, 0.15) is 89.9 Å². The van der Waals surface area contributed by atoms with Crippen molar-refractivity contribution in [2.75, 3.05) is 19.2 Å². The second-order valence-electron chi connectivity index (χ2n) is 9.08. The minimum Gasteiger partial charge on any atom is -0.378 e. The number of hydrogen-bond donors (Lipinski definition) is 0. The minimum atomic E-state index is -0.135.